The number of aromatic amines is 1. The molecule has 6 nitrogen and oxygen atoms in total. The number of methoxy groups -OCH3 is 2. The Morgan fingerprint density at radius 1 is 1.04 bits per heavy atom. The van der Waals surface area contributed by atoms with E-state index in [2.05, 4.69) is 10.3 Å². The molecule has 0 spiro atoms. The van der Waals surface area contributed by atoms with E-state index >= 15 is 0 Å². The van der Waals surface area contributed by atoms with Crippen LogP contribution in [0.4, 0.5) is 5.69 Å². The molecule has 26 heavy (non-hydrogen) atoms. The van der Waals surface area contributed by atoms with Gasteiger partial charge in [-0.15, -0.1) is 0 Å². The predicted octanol–water partition coefficient (Wildman–Crippen LogP) is 4.31. The first-order chi connectivity index (χ1) is 12.4. The smallest absolute Gasteiger partial charge is 0.296 e. The summed E-state index contributed by atoms with van der Waals surface area (Å²) < 4.78 is 10.3. The summed E-state index contributed by atoms with van der Waals surface area (Å²) >= 11 is 12.0. The van der Waals surface area contributed by atoms with Gasteiger partial charge in [-0.05, 0) is 12.1 Å². The molecule has 0 saturated carbocycles. The SMILES string of the molecule is COc1cc(NC(=O)C(=O)c2c[nH]c3cc(Cl)ccc23)c(OC)cc1Cl. The Labute approximate surface area is 159 Å². The van der Waals surface area contributed by atoms with E-state index in [4.69, 9.17) is 32.7 Å². The Morgan fingerprint density at radius 3 is 2.46 bits per heavy atom. The number of ether oxygens (including phenoxy) is 2. The van der Waals surface area contributed by atoms with E-state index in [0.717, 1.165) is 0 Å². The Morgan fingerprint density at radius 2 is 1.77 bits per heavy atom. The fourth-order valence-electron chi connectivity index (χ4n) is 2.55. The van der Waals surface area contributed by atoms with Crippen molar-refractivity contribution in [3.8, 4) is 11.5 Å². The third kappa shape index (κ3) is 3.34. The number of hydrogen-bond donors (Lipinski definition) is 2. The number of fused-ring (bicyclic) bond motifs is 1. The van der Waals surface area contributed by atoms with E-state index in [0.29, 0.717) is 32.4 Å². The van der Waals surface area contributed by atoms with Gasteiger partial charge in [0.05, 0.1) is 30.5 Å². The third-order valence-electron chi connectivity index (χ3n) is 3.82. The van der Waals surface area contributed by atoms with Crippen molar-refractivity contribution < 1.29 is 19.1 Å². The molecule has 1 aromatic heterocycles. The molecule has 0 saturated heterocycles. The average Bonchev–Trinajstić information content (AvgIpc) is 3.04. The summed E-state index contributed by atoms with van der Waals surface area (Å²) in [5.74, 6) is -0.863. The van der Waals surface area contributed by atoms with Gasteiger partial charge in [-0.2, -0.15) is 0 Å². The molecule has 2 N–H and O–H groups in total. The molecule has 0 radical (unpaired) electrons. The number of ketones is 1. The van der Waals surface area contributed by atoms with E-state index in [9.17, 15) is 9.59 Å². The van der Waals surface area contributed by atoms with Gasteiger partial charge in [-0.3, -0.25) is 9.59 Å². The summed E-state index contributed by atoms with van der Waals surface area (Å²) in [6.45, 7) is 0. The van der Waals surface area contributed by atoms with Crippen LogP contribution < -0.4 is 14.8 Å². The first-order valence-corrected chi connectivity index (χ1v) is 8.24. The van der Waals surface area contributed by atoms with Gasteiger partial charge < -0.3 is 19.8 Å². The van der Waals surface area contributed by atoms with E-state index in [-0.39, 0.29) is 11.3 Å². The van der Waals surface area contributed by atoms with Gasteiger partial charge in [-0.25, -0.2) is 0 Å². The van der Waals surface area contributed by atoms with Crippen LogP contribution in [-0.4, -0.2) is 30.9 Å². The summed E-state index contributed by atoms with van der Waals surface area (Å²) in [6, 6.07) is 7.99. The standard InChI is InChI=1S/C18H14Cl2N2O4/c1-25-15-7-14(16(26-2)6-12(15)20)22-18(24)17(23)11-8-21-13-5-9(19)3-4-10(11)13/h3-8,21H,1-2H3,(H,22,24). The quantitative estimate of drug-likeness (QED) is 0.500. The number of carbonyl (C=O) groups is 2. The van der Waals surface area contributed by atoms with Crippen molar-refractivity contribution in [2.45, 2.75) is 0 Å². The molecule has 0 bridgehead atoms. The van der Waals surface area contributed by atoms with Crippen molar-refractivity contribution in [1.82, 2.24) is 4.98 Å². The monoisotopic (exact) mass is 392 g/mol. The molecule has 3 aromatic rings. The number of nitrogens with one attached hydrogen (secondary N) is 2. The highest BCUT2D eigenvalue weighted by Crippen LogP contribution is 2.36. The topological polar surface area (TPSA) is 80.4 Å². The van der Waals surface area contributed by atoms with Crippen molar-refractivity contribution in [3.05, 3.63) is 52.1 Å². The Balaban J connectivity index is 1.91. The van der Waals surface area contributed by atoms with Gasteiger partial charge in [0.1, 0.15) is 11.5 Å². The fourth-order valence-corrected chi connectivity index (χ4v) is 2.95. The first kappa shape index (κ1) is 18.1. The molecule has 0 unspecified atom stereocenters. The van der Waals surface area contributed by atoms with Gasteiger partial charge in [0.2, 0.25) is 0 Å². The Kier molecular flexibility index (Phi) is 5.06. The second kappa shape index (κ2) is 7.27. The molecule has 134 valence electrons. The van der Waals surface area contributed by atoms with Crippen molar-refractivity contribution >= 4 is 51.5 Å². The van der Waals surface area contributed by atoms with Crippen LogP contribution in [0.5, 0.6) is 11.5 Å². The zero-order chi connectivity index (χ0) is 18.8. The van der Waals surface area contributed by atoms with Crippen molar-refractivity contribution in [1.29, 1.82) is 0 Å². The summed E-state index contributed by atoms with van der Waals surface area (Å²) in [5.41, 5.74) is 1.18. The van der Waals surface area contributed by atoms with Crippen molar-refractivity contribution in [3.63, 3.8) is 0 Å². The van der Waals surface area contributed by atoms with Crippen LogP contribution in [0.25, 0.3) is 10.9 Å². The minimum atomic E-state index is -0.816. The normalized spacial score (nSPS) is 10.6. The average molecular weight is 393 g/mol. The second-order valence-corrected chi connectivity index (χ2v) is 6.21. The lowest BCUT2D eigenvalue weighted by Crippen LogP contribution is -2.23. The number of carbonyl (C=O) groups excluding carboxylic acids is 2. The van der Waals surface area contributed by atoms with E-state index in [1.807, 2.05) is 0 Å². The second-order valence-electron chi connectivity index (χ2n) is 5.36. The molecule has 0 atom stereocenters. The zero-order valence-electron chi connectivity index (χ0n) is 13.9. The summed E-state index contributed by atoms with van der Waals surface area (Å²) in [4.78, 5) is 27.9. The molecule has 0 aliphatic carbocycles. The highest BCUT2D eigenvalue weighted by molar-refractivity contribution is 6.48. The maximum Gasteiger partial charge on any atom is 0.296 e. The lowest BCUT2D eigenvalue weighted by molar-refractivity contribution is -0.112. The predicted molar refractivity (Wildman–Crippen MR) is 101 cm³/mol. The lowest BCUT2D eigenvalue weighted by atomic mass is 10.1. The highest BCUT2D eigenvalue weighted by Gasteiger charge is 2.22. The van der Waals surface area contributed by atoms with Crippen LogP contribution in [0.3, 0.4) is 0 Å². The molecule has 0 aliphatic rings. The molecule has 1 heterocycles. The Bertz CT molecular complexity index is 1010. The van der Waals surface area contributed by atoms with Gasteiger partial charge in [0, 0.05) is 34.3 Å². The molecule has 0 aliphatic heterocycles. The molecule has 3 rings (SSSR count). The van der Waals surface area contributed by atoms with Gasteiger partial charge in [0.15, 0.2) is 0 Å². The number of hydrogen-bond acceptors (Lipinski definition) is 4. The Hall–Kier alpha value is -2.70. The molecular weight excluding hydrogens is 379 g/mol. The summed E-state index contributed by atoms with van der Waals surface area (Å²) in [5, 5.41) is 3.99. The van der Waals surface area contributed by atoms with Gasteiger partial charge >= 0.3 is 0 Å². The minimum Gasteiger partial charge on any atom is -0.495 e. The molecule has 8 heteroatoms. The minimum absolute atomic E-state index is 0.245. The summed E-state index contributed by atoms with van der Waals surface area (Å²) in [6.07, 6.45) is 1.47. The van der Waals surface area contributed by atoms with Gasteiger partial charge in [-0.1, -0.05) is 29.3 Å². The molecule has 1 amide bonds. The van der Waals surface area contributed by atoms with Crippen LogP contribution >= 0.6 is 23.2 Å². The number of aromatic nitrogens is 1. The van der Waals surface area contributed by atoms with Crippen molar-refractivity contribution in [2.75, 3.05) is 19.5 Å². The van der Waals surface area contributed by atoms with Gasteiger partial charge in [0.25, 0.3) is 11.7 Å². The number of halogens is 2. The van der Waals surface area contributed by atoms with E-state index in [1.54, 1.807) is 18.2 Å². The van der Waals surface area contributed by atoms with Crippen LogP contribution in [0.15, 0.2) is 36.5 Å². The number of rotatable bonds is 5. The highest BCUT2D eigenvalue weighted by atomic mass is 35.5. The number of H-pyrrole nitrogens is 1. The first-order valence-electron chi connectivity index (χ1n) is 7.48. The fraction of sp³-hybridized carbons (Fsp3) is 0.111. The third-order valence-corrected chi connectivity index (χ3v) is 4.35. The number of benzene rings is 2. The maximum atomic E-state index is 12.6. The maximum absolute atomic E-state index is 12.6. The lowest BCUT2D eigenvalue weighted by Gasteiger charge is -2.12. The molecule has 0 fully saturated rings. The molecular formula is C18H14Cl2N2O4. The summed E-state index contributed by atoms with van der Waals surface area (Å²) in [7, 11) is 2.88. The van der Waals surface area contributed by atoms with Crippen LogP contribution in [0, 0.1) is 0 Å². The van der Waals surface area contributed by atoms with E-state index < -0.39 is 11.7 Å². The van der Waals surface area contributed by atoms with Crippen molar-refractivity contribution in [2.24, 2.45) is 0 Å². The number of anilines is 1. The number of amides is 1. The largest absolute Gasteiger partial charge is 0.495 e. The van der Waals surface area contributed by atoms with E-state index in [1.165, 1.54) is 32.5 Å². The zero-order valence-corrected chi connectivity index (χ0v) is 15.4. The number of Topliss-reactive ketones (excluding diaryl/α,β-unsaturated/α-hetero) is 1. The van der Waals surface area contributed by atoms with Crippen LogP contribution in [0.2, 0.25) is 10.0 Å². The van der Waals surface area contributed by atoms with Crippen LogP contribution in [0.1, 0.15) is 10.4 Å². The molecule has 2 aromatic carbocycles. The van der Waals surface area contributed by atoms with Crippen LogP contribution in [-0.2, 0) is 4.79 Å².